The first kappa shape index (κ1) is 18.2. The Morgan fingerprint density at radius 2 is 1.92 bits per heavy atom. The molecule has 130 valence electrons. The standard InChI is InChI=1S/C19H21N3O3/c1-3-10-21-18(23)15-9-12-20-17(13-15)19(24)22-11-8-14-4-6-16(25-2)7-5-14/h3-7,9,12-13H,1,8,10-11H2,2H3,(H,21,23)(H,22,24). The number of rotatable bonds is 8. The fraction of sp³-hybridized carbons (Fsp3) is 0.211. The number of nitrogens with one attached hydrogen (secondary N) is 2. The third-order valence-corrected chi connectivity index (χ3v) is 3.52. The van der Waals surface area contributed by atoms with Crippen LogP contribution in [0.2, 0.25) is 0 Å². The van der Waals surface area contributed by atoms with Gasteiger partial charge in [-0.05, 0) is 36.2 Å². The molecular weight excluding hydrogens is 318 g/mol. The van der Waals surface area contributed by atoms with Gasteiger partial charge in [0.25, 0.3) is 11.8 Å². The lowest BCUT2D eigenvalue weighted by Gasteiger charge is -2.07. The summed E-state index contributed by atoms with van der Waals surface area (Å²) in [4.78, 5) is 28.1. The van der Waals surface area contributed by atoms with E-state index in [1.165, 1.54) is 12.3 Å². The van der Waals surface area contributed by atoms with Gasteiger partial charge in [0.2, 0.25) is 0 Å². The molecule has 0 aliphatic heterocycles. The number of ether oxygens (including phenoxy) is 1. The Morgan fingerprint density at radius 3 is 2.60 bits per heavy atom. The van der Waals surface area contributed by atoms with E-state index in [1.54, 1.807) is 19.3 Å². The fourth-order valence-corrected chi connectivity index (χ4v) is 2.17. The monoisotopic (exact) mass is 339 g/mol. The summed E-state index contributed by atoms with van der Waals surface area (Å²) in [7, 11) is 1.62. The van der Waals surface area contributed by atoms with Crippen LogP contribution in [0.1, 0.15) is 26.4 Å². The lowest BCUT2D eigenvalue weighted by molar-refractivity contribution is 0.0949. The van der Waals surface area contributed by atoms with E-state index >= 15 is 0 Å². The highest BCUT2D eigenvalue weighted by Gasteiger charge is 2.11. The summed E-state index contributed by atoms with van der Waals surface area (Å²) in [5.74, 6) is 0.213. The molecule has 0 atom stereocenters. The Bertz CT molecular complexity index is 742. The molecule has 2 amide bonds. The van der Waals surface area contributed by atoms with Crippen LogP contribution in [-0.2, 0) is 6.42 Å². The lowest BCUT2D eigenvalue weighted by atomic mass is 10.1. The van der Waals surface area contributed by atoms with Crippen molar-refractivity contribution >= 4 is 11.8 Å². The van der Waals surface area contributed by atoms with E-state index in [9.17, 15) is 9.59 Å². The summed E-state index contributed by atoms with van der Waals surface area (Å²) < 4.78 is 5.11. The maximum atomic E-state index is 12.2. The molecule has 25 heavy (non-hydrogen) atoms. The average Bonchev–Trinajstić information content (AvgIpc) is 2.66. The summed E-state index contributed by atoms with van der Waals surface area (Å²) in [5, 5.41) is 5.47. The molecule has 6 heteroatoms. The maximum absolute atomic E-state index is 12.2. The summed E-state index contributed by atoms with van der Waals surface area (Å²) in [6.07, 6.45) is 3.72. The number of benzene rings is 1. The molecule has 2 aromatic rings. The number of amides is 2. The minimum atomic E-state index is -0.313. The van der Waals surface area contributed by atoms with Gasteiger partial charge in [-0.1, -0.05) is 18.2 Å². The van der Waals surface area contributed by atoms with E-state index in [2.05, 4.69) is 22.2 Å². The quantitative estimate of drug-likeness (QED) is 0.721. The molecule has 6 nitrogen and oxygen atoms in total. The van der Waals surface area contributed by atoms with Crippen LogP contribution in [0, 0.1) is 0 Å². The molecule has 0 saturated carbocycles. The second kappa shape index (κ2) is 9.22. The number of methoxy groups -OCH3 is 1. The minimum absolute atomic E-state index is 0.209. The normalized spacial score (nSPS) is 9.96. The van der Waals surface area contributed by atoms with Gasteiger partial charge in [-0.25, -0.2) is 0 Å². The maximum Gasteiger partial charge on any atom is 0.269 e. The van der Waals surface area contributed by atoms with Crippen LogP contribution in [0.15, 0.2) is 55.3 Å². The van der Waals surface area contributed by atoms with Gasteiger partial charge in [0, 0.05) is 24.8 Å². The molecule has 0 aliphatic rings. The molecule has 0 fully saturated rings. The Hall–Kier alpha value is -3.15. The lowest BCUT2D eigenvalue weighted by Crippen LogP contribution is -2.28. The number of carbonyl (C=O) groups is 2. The van der Waals surface area contributed by atoms with Gasteiger partial charge in [0.05, 0.1) is 7.11 Å². The summed E-state index contributed by atoms with van der Waals surface area (Å²) in [5.41, 5.74) is 1.68. The van der Waals surface area contributed by atoms with Gasteiger partial charge in [-0.15, -0.1) is 6.58 Å². The van der Waals surface area contributed by atoms with Crippen molar-refractivity contribution in [2.75, 3.05) is 20.2 Å². The largest absolute Gasteiger partial charge is 0.497 e. The van der Waals surface area contributed by atoms with Crippen LogP contribution in [0.25, 0.3) is 0 Å². The van der Waals surface area contributed by atoms with Gasteiger partial charge in [0.15, 0.2) is 0 Å². The number of hydrogen-bond acceptors (Lipinski definition) is 4. The molecule has 0 saturated heterocycles. The zero-order valence-electron chi connectivity index (χ0n) is 14.1. The highest BCUT2D eigenvalue weighted by atomic mass is 16.5. The number of carbonyl (C=O) groups excluding carboxylic acids is 2. The van der Waals surface area contributed by atoms with Crippen molar-refractivity contribution in [3.05, 3.63) is 72.1 Å². The molecule has 1 aromatic heterocycles. The van der Waals surface area contributed by atoms with Gasteiger partial charge in [-0.2, -0.15) is 0 Å². The van der Waals surface area contributed by atoms with E-state index < -0.39 is 0 Å². The molecule has 0 radical (unpaired) electrons. The van der Waals surface area contributed by atoms with Gasteiger partial charge < -0.3 is 15.4 Å². The molecule has 2 rings (SSSR count). The first-order valence-corrected chi connectivity index (χ1v) is 7.90. The van der Waals surface area contributed by atoms with Crippen LogP contribution >= 0.6 is 0 Å². The van der Waals surface area contributed by atoms with Crippen molar-refractivity contribution in [1.29, 1.82) is 0 Å². The van der Waals surface area contributed by atoms with Crippen LogP contribution in [0.5, 0.6) is 5.75 Å². The second-order valence-electron chi connectivity index (χ2n) is 5.28. The van der Waals surface area contributed by atoms with Crippen LogP contribution < -0.4 is 15.4 Å². The van der Waals surface area contributed by atoms with Gasteiger partial charge >= 0.3 is 0 Å². The van der Waals surface area contributed by atoms with E-state index in [-0.39, 0.29) is 17.5 Å². The van der Waals surface area contributed by atoms with E-state index in [4.69, 9.17) is 4.74 Å². The predicted octanol–water partition coefficient (Wildman–Crippen LogP) is 1.98. The van der Waals surface area contributed by atoms with Crippen molar-refractivity contribution in [3.8, 4) is 5.75 Å². The van der Waals surface area contributed by atoms with E-state index in [1.807, 2.05) is 24.3 Å². The fourth-order valence-electron chi connectivity index (χ4n) is 2.17. The highest BCUT2D eigenvalue weighted by molar-refractivity contribution is 5.98. The number of aromatic nitrogens is 1. The zero-order chi connectivity index (χ0) is 18.1. The molecule has 1 heterocycles. The number of hydrogen-bond donors (Lipinski definition) is 2. The Labute approximate surface area is 146 Å². The molecule has 1 aromatic carbocycles. The van der Waals surface area contributed by atoms with E-state index in [0.717, 1.165) is 11.3 Å². The molecular formula is C19H21N3O3. The van der Waals surface area contributed by atoms with Crippen molar-refractivity contribution in [2.45, 2.75) is 6.42 Å². The van der Waals surface area contributed by atoms with Crippen LogP contribution in [0.3, 0.4) is 0 Å². The van der Waals surface area contributed by atoms with E-state index in [0.29, 0.717) is 25.1 Å². The highest BCUT2D eigenvalue weighted by Crippen LogP contribution is 2.11. The molecule has 0 aliphatic carbocycles. The first-order valence-electron chi connectivity index (χ1n) is 7.90. The SMILES string of the molecule is C=CCNC(=O)c1ccnc(C(=O)NCCc2ccc(OC)cc2)c1. The smallest absolute Gasteiger partial charge is 0.269 e. The first-order chi connectivity index (χ1) is 12.1. The number of nitrogens with zero attached hydrogens (tertiary/aromatic N) is 1. The Balaban J connectivity index is 1.89. The molecule has 0 unspecified atom stereocenters. The zero-order valence-corrected chi connectivity index (χ0v) is 14.1. The van der Waals surface area contributed by atoms with Crippen LogP contribution in [0.4, 0.5) is 0 Å². The van der Waals surface area contributed by atoms with Gasteiger partial charge in [0.1, 0.15) is 11.4 Å². The van der Waals surface area contributed by atoms with Crippen molar-refractivity contribution in [2.24, 2.45) is 0 Å². The van der Waals surface area contributed by atoms with Crippen molar-refractivity contribution in [1.82, 2.24) is 15.6 Å². The third-order valence-electron chi connectivity index (χ3n) is 3.52. The predicted molar refractivity (Wildman–Crippen MR) is 95.8 cm³/mol. The minimum Gasteiger partial charge on any atom is -0.497 e. The Morgan fingerprint density at radius 1 is 1.16 bits per heavy atom. The average molecular weight is 339 g/mol. The summed E-state index contributed by atoms with van der Waals surface area (Å²) in [6.45, 7) is 4.38. The van der Waals surface area contributed by atoms with Gasteiger partial charge in [-0.3, -0.25) is 14.6 Å². The molecule has 0 spiro atoms. The topological polar surface area (TPSA) is 80.3 Å². The number of pyridine rings is 1. The Kier molecular flexibility index (Phi) is 6.71. The van der Waals surface area contributed by atoms with Crippen molar-refractivity contribution in [3.63, 3.8) is 0 Å². The summed E-state index contributed by atoms with van der Waals surface area (Å²) in [6, 6.07) is 10.7. The third kappa shape index (κ3) is 5.46. The summed E-state index contributed by atoms with van der Waals surface area (Å²) >= 11 is 0. The van der Waals surface area contributed by atoms with Crippen molar-refractivity contribution < 1.29 is 14.3 Å². The molecule has 2 N–H and O–H groups in total. The second-order valence-corrected chi connectivity index (χ2v) is 5.28. The molecule has 0 bridgehead atoms. The van der Waals surface area contributed by atoms with Crippen LogP contribution in [-0.4, -0.2) is 37.0 Å².